The molecule has 3 N–H and O–H groups in total. The number of aromatic amines is 2. The lowest BCUT2D eigenvalue weighted by Crippen LogP contribution is -2.44. The number of benzene rings is 2. The number of hydrogen-bond acceptors (Lipinski definition) is 6. The van der Waals surface area contributed by atoms with Crippen molar-refractivity contribution >= 4 is 33.2 Å². The smallest absolute Gasteiger partial charge is 0.116 e. The van der Waals surface area contributed by atoms with Gasteiger partial charge in [0, 0.05) is 72.2 Å². The highest BCUT2D eigenvalue weighted by Gasteiger charge is 2.19. The Kier molecular flexibility index (Phi) is 6.35. The van der Waals surface area contributed by atoms with E-state index in [9.17, 15) is 0 Å². The molecule has 5 aromatic rings. The summed E-state index contributed by atoms with van der Waals surface area (Å²) in [6.07, 6.45) is 3.72. The third-order valence-corrected chi connectivity index (χ3v) is 7.20. The standard InChI is InChI=1S/C30H34N8/c1-20(19-36(2)3)32-23-14-22(17-31-18-23)21-8-9-27-25(15-21)30(35-34-27)28-16-24-26(33-28)6-5-7-29(24)38-12-10-37(4)11-13-38/h5-9,14-18,32-33H,1,10-13,19H2,2-4H3,(H,34,35). The molecule has 194 valence electrons. The SMILES string of the molecule is C=C(CN(C)C)Nc1cncc(-c2ccc3[nH]nc(-c4cc5c(N6CCN(C)CC6)cccc5[nH]4)c3c2)c1. The molecular formula is C30H34N8. The number of aromatic nitrogens is 4. The Hall–Kier alpha value is -4.14. The molecule has 8 nitrogen and oxygen atoms in total. The first-order chi connectivity index (χ1) is 18.4. The zero-order chi connectivity index (χ0) is 26.2. The van der Waals surface area contributed by atoms with Gasteiger partial charge in [0.15, 0.2) is 0 Å². The highest BCUT2D eigenvalue weighted by atomic mass is 15.2. The monoisotopic (exact) mass is 506 g/mol. The minimum atomic E-state index is 0.760. The summed E-state index contributed by atoms with van der Waals surface area (Å²) < 4.78 is 0. The van der Waals surface area contributed by atoms with Crippen LogP contribution in [0.2, 0.25) is 0 Å². The summed E-state index contributed by atoms with van der Waals surface area (Å²) in [5, 5.41) is 13.6. The van der Waals surface area contributed by atoms with Gasteiger partial charge in [-0.15, -0.1) is 0 Å². The second-order valence-electron chi connectivity index (χ2n) is 10.5. The van der Waals surface area contributed by atoms with E-state index in [4.69, 9.17) is 5.10 Å². The summed E-state index contributed by atoms with van der Waals surface area (Å²) in [6, 6.07) is 17.3. The number of fused-ring (bicyclic) bond motifs is 2. The van der Waals surface area contributed by atoms with Gasteiger partial charge in [-0.25, -0.2) is 0 Å². The lowest BCUT2D eigenvalue weighted by Gasteiger charge is -2.34. The van der Waals surface area contributed by atoms with Crippen LogP contribution in [0.15, 0.2) is 73.2 Å². The molecule has 0 bridgehead atoms. The number of nitrogens with one attached hydrogen (secondary N) is 3. The van der Waals surface area contributed by atoms with Crippen LogP contribution >= 0.6 is 0 Å². The third-order valence-electron chi connectivity index (χ3n) is 7.20. The number of nitrogens with zero attached hydrogens (tertiary/aromatic N) is 5. The van der Waals surface area contributed by atoms with Gasteiger partial charge in [0.2, 0.25) is 0 Å². The predicted octanol–water partition coefficient (Wildman–Crippen LogP) is 5.01. The summed E-state index contributed by atoms with van der Waals surface area (Å²) in [5.41, 5.74) is 9.32. The first-order valence-electron chi connectivity index (χ1n) is 13.0. The Labute approximate surface area is 223 Å². The zero-order valence-corrected chi connectivity index (χ0v) is 22.3. The van der Waals surface area contributed by atoms with Crippen LogP contribution in [0.25, 0.3) is 44.3 Å². The van der Waals surface area contributed by atoms with Crippen LogP contribution in [0, 0.1) is 0 Å². The minimum Gasteiger partial charge on any atom is -0.368 e. The van der Waals surface area contributed by atoms with Crippen LogP contribution in [-0.2, 0) is 0 Å². The molecule has 8 heteroatoms. The molecule has 1 aliphatic heterocycles. The molecule has 0 aliphatic carbocycles. The molecule has 0 saturated carbocycles. The van der Waals surface area contributed by atoms with Crippen molar-refractivity contribution in [2.75, 3.05) is 64.1 Å². The van der Waals surface area contributed by atoms with Crippen molar-refractivity contribution in [1.82, 2.24) is 30.0 Å². The van der Waals surface area contributed by atoms with Crippen molar-refractivity contribution < 1.29 is 0 Å². The quantitative estimate of drug-likeness (QED) is 0.288. The Morgan fingerprint density at radius 3 is 2.63 bits per heavy atom. The molecule has 1 aliphatic rings. The molecule has 1 saturated heterocycles. The van der Waals surface area contributed by atoms with E-state index in [0.717, 1.165) is 83.0 Å². The van der Waals surface area contributed by atoms with Crippen LogP contribution < -0.4 is 10.2 Å². The summed E-state index contributed by atoms with van der Waals surface area (Å²) >= 11 is 0. The first-order valence-corrected chi connectivity index (χ1v) is 13.0. The molecule has 6 rings (SSSR count). The van der Waals surface area contributed by atoms with E-state index in [1.165, 1.54) is 11.1 Å². The number of piperazine rings is 1. The Bertz CT molecular complexity index is 1600. The van der Waals surface area contributed by atoms with Crippen LogP contribution in [0.5, 0.6) is 0 Å². The van der Waals surface area contributed by atoms with Crippen LogP contribution in [-0.4, -0.2) is 83.8 Å². The van der Waals surface area contributed by atoms with Gasteiger partial charge < -0.3 is 25.0 Å². The van der Waals surface area contributed by atoms with E-state index in [2.05, 4.69) is 97.2 Å². The molecule has 0 spiro atoms. The summed E-state index contributed by atoms with van der Waals surface area (Å²) in [5.74, 6) is 0. The molecule has 3 aromatic heterocycles. The molecule has 0 radical (unpaired) electrons. The third kappa shape index (κ3) is 4.76. The van der Waals surface area contributed by atoms with E-state index < -0.39 is 0 Å². The summed E-state index contributed by atoms with van der Waals surface area (Å²) in [7, 11) is 6.24. The fourth-order valence-electron chi connectivity index (χ4n) is 5.28. The second-order valence-corrected chi connectivity index (χ2v) is 10.5. The van der Waals surface area contributed by atoms with Gasteiger partial charge in [0.05, 0.1) is 23.1 Å². The van der Waals surface area contributed by atoms with E-state index >= 15 is 0 Å². The van der Waals surface area contributed by atoms with Gasteiger partial charge in [0.1, 0.15) is 5.69 Å². The number of likely N-dealkylation sites (N-methyl/N-ethyl adjacent to an activating group) is 2. The Morgan fingerprint density at radius 1 is 0.974 bits per heavy atom. The Balaban J connectivity index is 1.34. The number of anilines is 2. The molecule has 0 amide bonds. The minimum absolute atomic E-state index is 0.760. The average molecular weight is 507 g/mol. The molecule has 2 aromatic carbocycles. The predicted molar refractivity (Wildman–Crippen MR) is 158 cm³/mol. The lowest BCUT2D eigenvalue weighted by molar-refractivity contribution is 0.313. The van der Waals surface area contributed by atoms with Crippen molar-refractivity contribution in [3.05, 3.63) is 73.2 Å². The van der Waals surface area contributed by atoms with Crippen LogP contribution in [0.3, 0.4) is 0 Å². The average Bonchev–Trinajstić information content (AvgIpc) is 3.52. The van der Waals surface area contributed by atoms with E-state index in [1.54, 1.807) is 0 Å². The number of H-pyrrole nitrogens is 2. The summed E-state index contributed by atoms with van der Waals surface area (Å²) in [6.45, 7) is 9.12. The first kappa shape index (κ1) is 24.2. The Morgan fingerprint density at radius 2 is 1.82 bits per heavy atom. The molecule has 4 heterocycles. The fraction of sp³-hybridized carbons (Fsp3) is 0.267. The van der Waals surface area contributed by atoms with E-state index in [-0.39, 0.29) is 0 Å². The van der Waals surface area contributed by atoms with Gasteiger partial charge in [-0.05, 0) is 63.1 Å². The van der Waals surface area contributed by atoms with Crippen molar-refractivity contribution in [1.29, 1.82) is 0 Å². The normalized spacial score (nSPS) is 14.6. The van der Waals surface area contributed by atoms with Crippen molar-refractivity contribution in [2.45, 2.75) is 0 Å². The number of pyridine rings is 1. The molecule has 0 unspecified atom stereocenters. The second kappa shape index (κ2) is 9.96. The van der Waals surface area contributed by atoms with E-state index in [1.807, 2.05) is 26.5 Å². The van der Waals surface area contributed by atoms with Crippen LogP contribution in [0.1, 0.15) is 0 Å². The van der Waals surface area contributed by atoms with Crippen molar-refractivity contribution in [3.63, 3.8) is 0 Å². The summed E-state index contributed by atoms with van der Waals surface area (Å²) in [4.78, 5) is 15.1. The van der Waals surface area contributed by atoms with Crippen molar-refractivity contribution in [3.8, 4) is 22.5 Å². The molecule has 0 atom stereocenters. The fourth-order valence-corrected chi connectivity index (χ4v) is 5.28. The molecule has 38 heavy (non-hydrogen) atoms. The van der Waals surface area contributed by atoms with Gasteiger partial charge in [-0.2, -0.15) is 5.10 Å². The van der Waals surface area contributed by atoms with Gasteiger partial charge >= 0.3 is 0 Å². The maximum absolute atomic E-state index is 4.71. The highest BCUT2D eigenvalue weighted by molar-refractivity contribution is 6.01. The number of hydrogen-bond donors (Lipinski definition) is 3. The highest BCUT2D eigenvalue weighted by Crippen LogP contribution is 2.35. The maximum Gasteiger partial charge on any atom is 0.116 e. The topological polar surface area (TPSA) is 79.1 Å². The van der Waals surface area contributed by atoms with Gasteiger partial charge in [-0.3, -0.25) is 10.1 Å². The zero-order valence-electron chi connectivity index (χ0n) is 22.3. The molecular weight excluding hydrogens is 472 g/mol. The van der Waals surface area contributed by atoms with Gasteiger partial charge in [-0.1, -0.05) is 18.7 Å². The largest absolute Gasteiger partial charge is 0.368 e. The maximum atomic E-state index is 4.71. The lowest BCUT2D eigenvalue weighted by atomic mass is 10.0. The molecule has 1 fully saturated rings. The van der Waals surface area contributed by atoms with Crippen LogP contribution in [0.4, 0.5) is 11.4 Å². The van der Waals surface area contributed by atoms with Crippen molar-refractivity contribution in [2.24, 2.45) is 0 Å². The van der Waals surface area contributed by atoms with Gasteiger partial charge in [0.25, 0.3) is 0 Å². The van der Waals surface area contributed by atoms with E-state index in [0.29, 0.717) is 0 Å². The number of rotatable bonds is 7.